The molecule has 0 aromatic heterocycles. The summed E-state index contributed by atoms with van der Waals surface area (Å²) < 4.78 is 5.34. The first-order chi connectivity index (χ1) is 8.36. The number of ether oxygens (including phenoxy) is 1. The molecule has 0 bridgehead atoms. The predicted molar refractivity (Wildman–Crippen MR) is 71.4 cm³/mol. The smallest absolute Gasteiger partial charge is 0.317 e. The van der Waals surface area contributed by atoms with E-state index in [1.807, 2.05) is 19.9 Å². The van der Waals surface area contributed by atoms with Crippen molar-refractivity contribution in [1.82, 2.24) is 4.90 Å². The van der Waals surface area contributed by atoms with Gasteiger partial charge in [-0.25, -0.2) is 0 Å². The predicted octanol–water partition coefficient (Wildman–Crippen LogP) is 2.48. The number of carbonyl (C=O) groups is 1. The molecule has 100 valence electrons. The maximum absolute atomic E-state index is 10.7. The van der Waals surface area contributed by atoms with Crippen LogP contribution in [0.3, 0.4) is 0 Å². The third kappa shape index (κ3) is 3.37. The van der Waals surface area contributed by atoms with Gasteiger partial charge in [0.2, 0.25) is 0 Å². The molecule has 0 aliphatic heterocycles. The third-order valence-corrected chi connectivity index (χ3v) is 3.41. The van der Waals surface area contributed by atoms with Crippen LogP contribution in [0.25, 0.3) is 0 Å². The minimum atomic E-state index is -0.854. The molecule has 0 atom stereocenters. The van der Waals surface area contributed by atoms with Crippen molar-refractivity contribution in [1.29, 1.82) is 0 Å². The first-order valence-electron chi connectivity index (χ1n) is 5.59. The van der Waals surface area contributed by atoms with E-state index in [9.17, 15) is 4.79 Å². The van der Waals surface area contributed by atoms with Crippen molar-refractivity contribution in [2.75, 3.05) is 20.7 Å². The third-order valence-electron chi connectivity index (χ3n) is 2.83. The van der Waals surface area contributed by atoms with Crippen LogP contribution in [0.4, 0.5) is 0 Å². The van der Waals surface area contributed by atoms with Crippen molar-refractivity contribution in [3.05, 3.63) is 27.8 Å². The monoisotopic (exact) mass is 271 g/mol. The van der Waals surface area contributed by atoms with Crippen LogP contribution in [0.2, 0.25) is 5.02 Å². The van der Waals surface area contributed by atoms with Crippen molar-refractivity contribution in [2.24, 2.45) is 0 Å². The SMILES string of the molecule is COc1cc(C)c(Cl)c(C)c1CN(C)CC(=O)O. The normalized spacial score (nSPS) is 10.8. The van der Waals surface area contributed by atoms with Crippen molar-refractivity contribution in [2.45, 2.75) is 20.4 Å². The molecule has 1 aromatic rings. The van der Waals surface area contributed by atoms with Gasteiger partial charge in [-0.15, -0.1) is 0 Å². The summed E-state index contributed by atoms with van der Waals surface area (Å²) in [5.41, 5.74) is 2.82. The number of methoxy groups -OCH3 is 1. The zero-order valence-electron chi connectivity index (χ0n) is 11.1. The summed E-state index contributed by atoms with van der Waals surface area (Å²) in [5, 5.41) is 9.46. The van der Waals surface area contributed by atoms with Gasteiger partial charge >= 0.3 is 5.97 Å². The number of hydrogen-bond acceptors (Lipinski definition) is 3. The van der Waals surface area contributed by atoms with Gasteiger partial charge in [0.25, 0.3) is 0 Å². The molecule has 1 N–H and O–H groups in total. The fourth-order valence-corrected chi connectivity index (χ4v) is 2.06. The largest absolute Gasteiger partial charge is 0.496 e. The maximum atomic E-state index is 10.7. The Labute approximate surface area is 112 Å². The lowest BCUT2D eigenvalue weighted by Crippen LogP contribution is -2.25. The number of aryl methyl sites for hydroxylation is 1. The fraction of sp³-hybridized carbons (Fsp3) is 0.462. The van der Waals surface area contributed by atoms with Gasteiger partial charge in [-0.05, 0) is 38.1 Å². The van der Waals surface area contributed by atoms with E-state index in [4.69, 9.17) is 21.4 Å². The van der Waals surface area contributed by atoms with Gasteiger partial charge in [-0.2, -0.15) is 0 Å². The summed E-state index contributed by atoms with van der Waals surface area (Å²) in [6.45, 7) is 4.31. The van der Waals surface area contributed by atoms with E-state index < -0.39 is 5.97 Å². The second-order valence-electron chi connectivity index (χ2n) is 4.38. The summed E-state index contributed by atoms with van der Waals surface area (Å²) in [7, 11) is 3.35. The fourth-order valence-electron chi connectivity index (χ4n) is 1.90. The molecule has 0 spiro atoms. The van der Waals surface area contributed by atoms with Crippen LogP contribution in [0.15, 0.2) is 6.07 Å². The van der Waals surface area contributed by atoms with E-state index >= 15 is 0 Å². The molecular formula is C13H18ClNO3. The zero-order valence-corrected chi connectivity index (χ0v) is 11.8. The molecule has 0 radical (unpaired) electrons. The van der Waals surface area contributed by atoms with Crippen molar-refractivity contribution in [3.8, 4) is 5.75 Å². The zero-order chi connectivity index (χ0) is 13.9. The number of carboxylic acid groups (broad SMARTS) is 1. The summed E-state index contributed by atoms with van der Waals surface area (Å²) in [5.74, 6) is -0.112. The highest BCUT2D eigenvalue weighted by Crippen LogP contribution is 2.32. The van der Waals surface area contributed by atoms with Crippen LogP contribution in [0, 0.1) is 13.8 Å². The summed E-state index contributed by atoms with van der Waals surface area (Å²) in [4.78, 5) is 12.4. The molecule has 1 aromatic carbocycles. The van der Waals surface area contributed by atoms with Crippen LogP contribution in [0.1, 0.15) is 16.7 Å². The van der Waals surface area contributed by atoms with Crippen LogP contribution in [-0.4, -0.2) is 36.7 Å². The first-order valence-corrected chi connectivity index (χ1v) is 5.97. The van der Waals surface area contributed by atoms with Gasteiger partial charge in [0.1, 0.15) is 5.75 Å². The van der Waals surface area contributed by atoms with Gasteiger partial charge in [-0.1, -0.05) is 11.6 Å². The Kier molecular flexibility index (Phi) is 4.99. The number of nitrogens with zero attached hydrogens (tertiary/aromatic N) is 1. The van der Waals surface area contributed by atoms with Crippen molar-refractivity contribution in [3.63, 3.8) is 0 Å². The Balaban J connectivity index is 3.07. The number of benzene rings is 1. The number of carboxylic acids is 1. The highest BCUT2D eigenvalue weighted by Gasteiger charge is 2.15. The molecule has 4 nitrogen and oxygen atoms in total. The van der Waals surface area contributed by atoms with Crippen LogP contribution < -0.4 is 4.74 Å². The molecule has 0 unspecified atom stereocenters. The summed E-state index contributed by atoms with van der Waals surface area (Å²) >= 11 is 6.21. The minimum Gasteiger partial charge on any atom is -0.496 e. The van der Waals surface area contributed by atoms with Gasteiger partial charge < -0.3 is 9.84 Å². The minimum absolute atomic E-state index is 0.0198. The molecule has 18 heavy (non-hydrogen) atoms. The van der Waals surface area contributed by atoms with E-state index in [1.165, 1.54) is 0 Å². The van der Waals surface area contributed by atoms with E-state index in [-0.39, 0.29) is 6.54 Å². The summed E-state index contributed by atoms with van der Waals surface area (Å²) in [6, 6.07) is 1.87. The molecule has 0 fully saturated rings. The lowest BCUT2D eigenvalue weighted by atomic mass is 10.0. The average Bonchev–Trinajstić information content (AvgIpc) is 2.28. The van der Waals surface area contributed by atoms with E-state index in [1.54, 1.807) is 19.1 Å². The van der Waals surface area contributed by atoms with Gasteiger partial charge in [0, 0.05) is 17.1 Å². The Bertz CT molecular complexity index is 460. The Morgan fingerprint density at radius 3 is 2.61 bits per heavy atom. The first kappa shape index (κ1) is 14.8. The second kappa shape index (κ2) is 6.07. The van der Waals surface area contributed by atoms with E-state index in [0.29, 0.717) is 11.6 Å². The Morgan fingerprint density at radius 2 is 2.11 bits per heavy atom. The van der Waals surface area contributed by atoms with Crippen LogP contribution in [-0.2, 0) is 11.3 Å². The van der Waals surface area contributed by atoms with E-state index in [2.05, 4.69) is 0 Å². The molecule has 0 aliphatic rings. The molecule has 5 heteroatoms. The van der Waals surface area contributed by atoms with Crippen LogP contribution in [0.5, 0.6) is 5.75 Å². The number of hydrogen-bond donors (Lipinski definition) is 1. The lowest BCUT2D eigenvalue weighted by molar-refractivity contribution is -0.138. The molecule has 0 saturated carbocycles. The van der Waals surface area contributed by atoms with Crippen molar-refractivity contribution >= 4 is 17.6 Å². The molecule has 1 rings (SSSR count). The van der Waals surface area contributed by atoms with Gasteiger partial charge in [0.05, 0.1) is 13.7 Å². The molecule has 0 aliphatic carbocycles. The Morgan fingerprint density at radius 1 is 1.50 bits per heavy atom. The maximum Gasteiger partial charge on any atom is 0.317 e. The van der Waals surface area contributed by atoms with Crippen molar-refractivity contribution < 1.29 is 14.6 Å². The number of rotatable bonds is 5. The van der Waals surface area contributed by atoms with Crippen LogP contribution >= 0.6 is 11.6 Å². The topological polar surface area (TPSA) is 49.8 Å². The molecule has 0 heterocycles. The van der Waals surface area contributed by atoms with E-state index in [0.717, 1.165) is 22.4 Å². The molecular weight excluding hydrogens is 254 g/mol. The van der Waals surface area contributed by atoms with Gasteiger partial charge in [0.15, 0.2) is 0 Å². The quantitative estimate of drug-likeness (QED) is 0.894. The highest BCUT2D eigenvalue weighted by molar-refractivity contribution is 6.32. The number of likely N-dealkylation sites (N-methyl/N-ethyl adjacent to an activating group) is 1. The Hall–Kier alpha value is -1.26. The molecule has 0 saturated heterocycles. The lowest BCUT2D eigenvalue weighted by Gasteiger charge is -2.20. The highest BCUT2D eigenvalue weighted by atomic mass is 35.5. The number of halogens is 1. The average molecular weight is 272 g/mol. The second-order valence-corrected chi connectivity index (χ2v) is 4.76. The standard InChI is InChI=1S/C13H18ClNO3/c1-8-5-11(18-4)10(9(2)13(8)14)6-15(3)7-12(16)17/h5H,6-7H2,1-4H3,(H,16,17). The van der Waals surface area contributed by atoms with Gasteiger partial charge in [-0.3, -0.25) is 9.69 Å². The summed E-state index contributed by atoms with van der Waals surface area (Å²) in [6.07, 6.45) is 0. The molecule has 0 amide bonds. The number of aliphatic carboxylic acids is 1.